The lowest BCUT2D eigenvalue weighted by Gasteiger charge is -2.20. The number of para-hydroxylation sites is 1. The van der Waals surface area contributed by atoms with Gasteiger partial charge in [0.05, 0.1) is 5.54 Å². The van der Waals surface area contributed by atoms with Crippen molar-refractivity contribution in [2.45, 2.75) is 32.4 Å². The molecule has 4 heteroatoms. The molecule has 4 nitrogen and oxygen atoms in total. The number of fused-ring (bicyclic) bond motifs is 1. The number of rotatable bonds is 4. The summed E-state index contributed by atoms with van der Waals surface area (Å²) >= 11 is 0. The van der Waals surface area contributed by atoms with Crippen molar-refractivity contribution in [1.29, 1.82) is 0 Å². The molecule has 0 radical (unpaired) electrons. The molecule has 0 saturated carbocycles. The molecular weight excluding hydrogens is 286 g/mol. The van der Waals surface area contributed by atoms with Gasteiger partial charge in [-0.05, 0) is 49.6 Å². The first kappa shape index (κ1) is 15.6. The van der Waals surface area contributed by atoms with Gasteiger partial charge >= 0.3 is 0 Å². The predicted molar refractivity (Wildman–Crippen MR) is 94.5 cm³/mol. The highest BCUT2D eigenvalue weighted by atomic mass is 16.2. The van der Waals surface area contributed by atoms with Crippen molar-refractivity contribution < 1.29 is 4.79 Å². The largest absolute Gasteiger partial charge is 0.367 e. The molecule has 0 fully saturated rings. The molecule has 2 aromatic rings. The summed E-state index contributed by atoms with van der Waals surface area (Å²) in [6.45, 7) is 5.33. The Morgan fingerprint density at radius 3 is 2.57 bits per heavy atom. The fourth-order valence-corrected chi connectivity index (χ4v) is 2.78. The first-order valence-electron chi connectivity index (χ1n) is 7.95. The molecule has 1 aliphatic heterocycles. The van der Waals surface area contributed by atoms with E-state index >= 15 is 0 Å². The van der Waals surface area contributed by atoms with Crippen molar-refractivity contribution in [2.75, 3.05) is 16.8 Å². The van der Waals surface area contributed by atoms with Gasteiger partial charge in [-0.25, -0.2) is 0 Å². The zero-order chi connectivity index (χ0) is 16.4. The number of benzene rings is 2. The minimum absolute atomic E-state index is 0.182. The second-order valence-electron chi connectivity index (χ2n) is 6.67. The van der Waals surface area contributed by atoms with Crippen LogP contribution in [0.5, 0.6) is 0 Å². The van der Waals surface area contributed by atoms with E-state index in [1.165, 1.54) is 16.8 Å². The number of hydrogen-bond donors (Lipinski definition) is 2. The van der Waals surface area contributed by atoms with Crippen LogP contribution in [0.25, 0.3) is 0 Å². The maximum atomic E-state index is 11.9. The van der Waals surface area contributed by atoms with Gasteiger partial charge in [-0.3, -0.25) is 4.79 Å². The van der Waals surface area contributed by atoms with Crippen LogP contribution in [0.2, 0.25) is 0 Å². The molecule has 0 atom stereocenters. The van der Waals surface area contributed by atoms with Gasteiger partial charge in [0, 0.05) is 24.5 Å². The number of amides is 1. The average molecular weight is 309 g/mol. The van der Waals surface area contributed by atoms with Gasteiger partial charge < -0.3 is 16.0 Å². The molecule has 23 heavy (non-hydrogen) atoms. The van der Waals surface area contributed by atoms with E-state index in [2.05, 4.69) is 46.6 Å². The average Bonchev–Trinajstić information content (AvgIpc) is 2.92. The molecule has 0 saturated heterocycles. The summed E-state index contributed by atoms with van der Waals surface area (Å²) in [7, 11) is 0. The maximum absolute atomic E-state index is 11.9. The van der Waals surface area contributed by atoms with Crippen LogP contribution in [0, 0.1) is 0 Å². The summed E-state index contributed by atoms with van der Waals surface area (Å²) in [6.07, 6.45) is 1.11. The Bertz CT molecular complexity index is 701. The van der Waals surface area contributed by atoms with Gasteiger partial charge in [0.25, 0.3) is 0 Å². The smallest absolute Gasteiger partial charge is 0.243 e. The number of hydrogen-bond acceptors (Lipinski definition) is 3. The van der Waals surface area contributed by atoms with Crippen molar-refractivity contribution in [3.8, 4) is 0 Å². The number of nitrogens with two attached hydrogens (primary N) is 1. The topological polar surface area (TPSA) is 58.4 Å². The van der Waals surface area contributed by atoms with E-state index in [0.29, 0.717) is 0 Å². The second kappa shape index (κ2) is 6.05. The predicted octanol–water partition coefficient (Wildman–Crippen LogP) is 2.93. The Hall–Kier alpha value is -2.33. The standard InChI is InChI=1S/C19H23N3O/c1-19(2,20)18(23)21-16-9-7-14(8-10-16)13-22-12-11-15-5-3-4-6-17(15)22/h3-10H,11-13,20H2,1-2H3,(H,21,23). The van der Waals surface area contributed by atoms with E-state index in [0.717, 1.165) is 25.2 Å². The number of anilines is 2. The van der Waals surface area contributed by atoms with E-state index in [-0.39, 0.29) is 5.91 Å². The third kappa shape index (κ3) is 3.54. The zero-order valence-corrected chi connectivity index (χ0v) is 13.7. The highest BCUT2D eigenvalue weighted by Gasteiger charge is 2.22. The molecular formula is C19H23N3O. The lowest BCUT2D eigenvalue weighted by molar-refractivity contribution is -0.120. The Balaban J connectivity index is 1.66. The van der Waals surface area contributed by atoms with Crippen LogP contribution < -0.4 is 16.0 Å². The SMILES string of the molecule is CC(C)(N)C(=O)Nc1ccc(CN2CCc3ccccc32)cc1. The molecule has 120 valence electrons. The molecule has 0 bridgehead atoms. The normalized spacial score (nSPS) is 13.8. The summed E-state index contributed by atoms with van der Waals surface area (Å²) < 4.78 is 0. The minimum atomic E-state index is -0.877. The fourth-order valence-electron chi connectivity index (χ4n) is 2.78. The van der Waals surface area contributed by atoms with Gasteiger partial charge in [0.2, 0.25) is 5.91 Å². The van der Waals surface area contributed by atoms with Crippen molar-refractivity contribution in [3.63, 3.8) is 0 Å². The minimum Gasteiger partial charge on any atom is -0.367 e. The first-order chi connectivity index (χ1) is 10.9. The van der Waals surface area contributed by atoms with E-state index < -0.39 is 5.54 Å². The summed E-state index contributed by atoms with van der Waals surface area (Å²) in [6, 6.07) is 16.5. The van der Waals surface area contributed by atoms with Gasteiger partial charge in [0.1, 0.15) is 0 Å². The second-order valence-corrected chi connectivity index (χ2v) is 6.67. The third-order valence-electron chi connectivity index (χ3n) is 4.15. The number of nitrogens with zero attached hydrogens (tertiary/aromatic N) is 1. The highest BCUT2D eigenvalue weighted by Crippen LogP contribution is 2.28. The van der Waals surface area contributed by atoms with Crippen molar-refractivity contribution in [1.82, 2.24) is 0 Å². The third-order valence-corrected chi connectivity index (χ3v) is 4.15. The highest BCUT2D eigenvalue weighted by molar-refractivity contribution is 5.97. The van der Waals surface area contributed by atoms with Gasteiger partial charge in [-0.15, -0.1) is 0 Å². The first-order valence-corrected chi connectivity index (χ1v) is 7.95. The van der Waals surface area contributed by atoms with Crippen LogP contribution >= 0.6 is 0 Å². The summed E-state index contributed by atoms with van der Waals surface area (Å²) in [5, 5.41) is 2.84. The summed E-state index contributed by atoms with van der Waals surface area (Å²) in [4.78, 5) is 14.3. The molecule has 1 amide bonds. The van der Waals surface area contributed by atoms with Crippen molar-refractivity contribution in [2.24, 2.45) is 5.73 Å². The number of carbonyl (C=O) groups is 1. The molecule has 0 unspecified atom stereocenters. The van der Waals surface area contributed by atoms with Crippen LogP contribution in [0.1, 0.15) is 25.0 Å². The monoisotopic (exact) mass is 309 g/mol. The lowest BCUT2D eigenvalue weighted by atomic mass is 10.1. The van der Waals surface area contributed by atoms with Gasteiger partial charge in [-0.2, -0.15) is 0 Å². The molecule has 1 aliphatic rings. The van der Waals surface area contributed by atoms with Crippen LogP contribution in [0.15, 0.2) is 48.5 Å². The Morgan fingerprint density at radius 1 is 1.17 bits per heavy atom. The van der Waals surface area contributed by atoms with E-state index in [9.17, 15) is 4.79 Å². The molecule has 3 N–H and O–H groups in total. The van der Waals surface area contributed by atoms with E-state index in [1.807, 2.05) is 12.1 Å². The molecule has 0 aliphatic carbocycles. The lowest BCUT2D eigenvalue weighted by Crippen LogP contribution is -2.45. The Kier molecular flexibility index (Phi) is 4.09. The van der Waals surface area contributed by atoms with Crippen LogP contribution in [-0.4, -0.2) is 18.0 Å². The van der Waals surface area contributed by atoms with Crippen LogP contribution in [-0.2, 0) is 17.8 Å². The van der Waals surface area contributed by atoms with Gasteiger partial charge in [0.15, 0.2) is 0 Å². The number of nitrogens with one attached hydrogen (secondary N) is 1. The Morgan fingerprint density at radius 2 is 1.87 bits per heavy atom. The quantitative estimate of drug-likeness (QED) is 0.913. The Labute approximate surface area is 137 Å². The maximum Gasteiger partial charge on any atom is 0.243 e. The summed E-state index contributed by atoms with van der Waals surface area (Å²) in [5.41, 5.74) is 9.67. The van der Waals surface area contributed by atoms with Crippen LogP contribution in [0.3, 0.4) is 0 Å². The fraction of sp³-hybridized carbons (Fsp3) is 0.316. The summed E-state index contributed by atoms with van der Waals surface area (Å²) in [5.74, 6) is -0.182. The van der Waals surface area contributed by atoms with E-state index in [4.69, 9.17) is 5.73 Å². The zero-order valence-electron chi connectivity index (χ0n) is 13.7. The molecule has 3 rings (SSSR count). The van der Waals surface area contributed by atoms with Gasteiger partial charge in [-0.1, -0.05) is 30.3 Å². The molecule has 0 aromatic heterocycles. The molecule has 2 aromatic carbocycles. The van der Waals surface area contributed by atoms with Crippen molar-refractivity contribution in [3.05, 3.63) is 59.7 Å². The molecule has 0 spiro atoms. The van der Waals surface area contributed by atoms with E-state index in [1.54, 1.807) is 13.8 Å². The van der Waals surface area contributed by atoms with Crippen molar-refractivity contribution >= 4 is 17.3 Å². The molecule has 1 heterocycles. The van der Waals surface area contributed by atoms with Crippen LogP contribution in [0.4, 0.5) is 11.4 Å². The number of carbonyl (C=O) groups excluding carboxylic acids is 1.